The summed E-state index contributed by atoms with van der Waals surface area (Å²) in [5.41, 5.74) is 3.12. The van der Waals surface area contributed by atoms with Gasteiger partial charge in [0, 0.05) is 17.8 Å². The molecule has 2 rings (SSSR count). The molecule has 0 aliphatic carbocycles. The van der Waals surface area contributed by atoms with E-state index in [0.29, 0.717) is 37.1 Å². The van der Waals surface area contributed by atoms with Crippen LogP contribution in [0.3, 0.4) is 0 Å². The van der Waals surface area contributed by atoms with Crippen LogP contribution in [0.15, 0.2) is 47.6 Å². The molecule has 2 aromatic rings. The Labute approximate surface area is 195 Å². The summed E-state index contributed by atoms with van der Waals surface area (Å²) in [4.78, 5) is 37.2. The molecule has 0 aliphatic heterocycles. The van der Waals surface area contributed by atoms with Crippen LogP contribution in [0.1, 0.15) is 64.2 Å². The van der Waals surface area contributed by atoms with Crippen molar-refractivity contribution < 1.29 is 19.1 Å². The lowest BCUT2D eigenvalue weighted by molar-refractivity contribution is -0.123. The maximum atomic E-state index is 12.9. The second-order valence-electron chi connectivity index (χ2n) is 9.05. The zero-order valence-electron chi connectivity index (χ0n) is 20.0. The molecule has 3 N–H and O–H groups in total. The molecule has 2 aromatic carbocycles. The Balaban J connectivity index is 1.96. The molecule has 0 heterocycles. The van der Waals surface area contributed by atoms with Crippen LogP contribution in [-0.2, 0) is 9.53 Å². The number of benzene rings is 2. The van der Waals surface area contributed by atoms with Crippen molar-refractivity contribution in [3.63, 3.8) is 0 Å². The molecule has 0 aromatic heterocycles. The number of fused-ring (bicyclic) bond motifs is 1. The Bertz CT molecular complexity index is 1010. The molecule has 1 unspecified atom stereocenters. The summed E-state index contributed by atoms with van der Waals surface area (Å²) in [5, 5.41) is 11.5. The average molecular weight is 455 g/mol. The van der Waals surface area contributed by atoms with Crippen molar-refractivity contribution in [2.24, 2.45) is 5.10 Å². The van der Waals surface area contributed by atoms with Crippen molar-refractivity contribution >= 4 is 34.4 Å². The number of rotatable bonds is 9. The molecule has 0 saturated carbocycles. The van der Waals surface area contributed by atoms with Crippen LogP contribution in [0.25, 0.3) is 10.8 Å². The molecule has 1 atom stereocenters. The van der Waals surface area contributed by atoms with E-state index >= 15 is 0 Å². The third kappa shape index (κ3) is 9.31. The second kappa shape index (κ2) is 12.0. The fraction of sp³-hybridized carbons (Fsp3) is 0.440. The minimum absolute atomic E-state index is 0.329. The molecule has 0 aliphatic rings. The fourth-order valence-corrected chi connectivity index (χ4v) is 3.06. The lowest BCUT2D eigenvalue weighted by atomic mass is 10.1. The van der Waals surface area contributed by atoms with Crippen LogP contribution in [0.4, 0.5) is 4.79 Å². The summed E-state index contributed by atoms with van der Waals surface area (Å²) >= 11 is 0. The van der Waals surface area contributed by atoms with Gasteiger partial charge in [-0.05, 0) is 76.8 Å². The number of carbonyl (C=O) groups excluding carboxylic acids is 3. The summed E-state index contributed by atoms with van der Waals surface area (Å²) < 4.78 is 5.20. The van der Waals surface area contributed by atoms with E-state index in [9.17, 15) is 14.4 Å². The van der Waals surface area contributed by atoms with Crippen LogP contribution >= 0.6 is 0 Å². The van der Waals surface area contributed by atoms with E-state index in [4.69, 9.17) is 4.74 Å². The standard InChI is InChI=1S/C25H34N4O4/c1-17(2)28-29-23(31)21(12-8-9-15-26-24(32)33-25(3,4)5)27-22(30)20-14-13-18-10-6-7-11-19(18)16-20/h6-7,10-11,13-14,16,21H,8-9,12,15H2,1-5H3,(H,26,32)(H,27,30)(H,29,31). The van der Waals surface area contributed by atoms with Crippen LogP contribution in [0, 0.1) is 0 Å². The van der Waals surface area contributed by atoms with Crippen molar-refractivity contribution in [2.75, 3.05) is 6.54 Å². The van der Waals surface area contributed by atoms with E-state index in [1.165, 1.54) is 0 Å². The number of alkyl carbamates (subject to hydrolysis) is 1. The first-order valence-corrected chi connectivity index (χ1v) is 11.1. The van der Waals surface area contributed by atoms with Crippen LogP contribution in [0.5, 0.6) is 0 Å². The van der Waals surface area contributed by atoms with E-state index in [1.54, 1.807) is 46.8 Å². The largest absolute Gasteiger partial charge is 0.444 e. The highest BCUT2D eigenvalue weighted by Crippen LogP contribution is 2.16. The number of unbranched alkanes of at least 4 members (excludes halogenated alkanes) is 1. The van der Waals surface area contributed by atoms with E-state index in [-0.39, 0.29) is 11.8 Å². The van der Waals surface area contributed by atoms with Gasteiger partial charge in [-0.25, -0.2) is 10.2 Å². The highest BCUT2D eigenvalue weighted by Gasteiger charge is 2.21. The average Bonchev–Trinajstić information content (AvgIpc) is 2.74. The number of amides is 3. The minimum Gasteiger partial charge on any atom is -0.444 e. The number of hydrogen-bond acceptors (Lipinski definition) is 5. The molecule has 8 nitrogen and oxygen atoms in total. The minimum atomic E-state index is -0.756. The van der Waals surface area contributed by atoms with Crippen LogP contribution < -0.4 is 16.1 Å². The van der Waals surface area contributed by atoms with Crippen LogP contribution in [0.2, 0.25) is 0 Å². The molecule has 0 saturated heterocycles. The summed E-state index contributed by atoms with van der Waals surface area (Å²) in [5.74, 6) is -0.713. The summed E-state index contributed by atoms with van der Waals surface area (Å²) in [7, 11) is 0. The zero-order valence-corrected chi connectivity index (χ0v) is 20.0. The van der Waals surface area contributed by atoms with Gasteiger partial charge in [-0.1, -0.05) is 30.3 Å². The second-order valence-corrected chi connectivity index (χ2v) is 9.05. The summed E-state index contributed by atoms with van der Waals surface area (Å²) in [6.45, 7) is 9.35. The summed E-state index contributed by atoms with van der Waals surface area (Å²) in [6.07, 6.45) is 1.17. The first-order chi connectivity index (χ1) is 15.5. The topological polar surface area (TPSA) is 109 Å². The molecule has 3 amide bonds. The monoisotopic (exact) mass is 454 g/mol. The maximum absolute atomic E-state index is 12.9. The highest BCUT2D eigenvalue weighted by atomic mass is 16.6. The van der Waals surface area contributed by atoms with E-state index in [0.717, 1.165) is 10.8 Å². The first-order valence-electron chi connectivity index (χ1n) is 11.1. The molecule has 178 valence electrons. The van der Waals surface area contributed by atoms with Crippen molar-refractivity contribution in [1.82, 2.24) is 16.1 Å². The molecule has 0 bridgehead atoms. The Morgan fingerprint density at radius 3 is 2.36 bits per heavy atom. The Morgan fingerprint density at radius 1 is 1.00 bits per heavy atom. The smallest absolute Gasteiger partial charge is 0.407 e. The predicted octanol–water partition coefficient (Wildman–Crippen LogP) is 4.15. The number of carbonyl (C=O) groups is 3. The molecule has 0 spiro atoms. The number of hydrogen-bond donors (Lipinski definition) is 3. The Kier molecular flexibility index (Phi) is 9.39. The fourth-order valence-electron chi connectivity index (χ4n) is 3.06. The number of nitrogens with one attached hydrogen (secondary N) is 3. The number of ether oxygens (including phenoxy) is 1. The van der Waals surface area contributed by atoms with Gasteiger partial charge in [0.1, 0.15) is 11.6 Å². The van der Waals surface area contributed by atoms with Gasteiger partial charge < -0.3 is 15.4 Å². The third-order valence-corrected chi connectivity index (χ3v) is 4.61. The Hall–Kier alpha value is -3.42. The first kappa shape index (κ1) is 25.8. The molecular weight excluding hydrogens is 420 g/mol. The van der Waals surface area contributed by atoms with E-state index < -0.39 is 17.7 Å². The molecule has 0 fully saturated rings. The van der Waals surface area contributed by atoms with Crippen molar-refractivity contribution in [3.8, 4) is 0 Å². The van der Waals surface area contributed by atoms with E-state index in [1.807, 2.05) is 30.3 Å². The predicted molar refractivity (Wildman–Crippen MR) is 130 cm³/mol. The lowest BCUT2D eigenvalue weighted by Gasteiger charge is -2.20. The van der Waals surface area contributed by atoms with Gasteiger partial charge in [-0.3, -0.25) is 9.59 Å². The molecule has 8 heteroatoms. The van der Waals surface area contributed by atoms with Crippen LogP contribution in [-0.4, -0.2) is 41.8 Å². The zero-order chi connectivity index (χ0) is 24.4. The summed E-state index contributed by atoms with van der Waals surface area (Å²) in [6, 6.07) is 12.4. The maximum Gasteiger partial charge on any atom is 0.407 e. The van der Waals surface area contributed by atoms with Crippen molar-refractivity contribution in [3.05, 3.63) is 48.0 Å². The highest BCUT2D eigenvalue weighted by molar-refractivity contribution is 6.00. The van der Waals surface area contributed by atoms with Gasteiger partial charge in [0.25, 0.3) is 11.8 Å². The number of hydrazone groups is 1. The van der Waals surface area contributed by atoms with Gasteiger partial charge in [0.15, 0.2) is 0 Å². The lowest BCUT2D eigenvalue weighted by Crippen LogP contribution is -2.45. The quantitative estimate of drug-likeness (QED) is 0.300. The SMILES string of the molecule is CC(C)=NNC(=O)C(CCCCNC(=O)OC(C)(C)C)NC(=O)c1ccc2ccccc2c1. The van der Waals surface area contributed by atoms with Crippen molar-refractivity contribution in [1.29, 1.82) is 0 Å². The van der Waals surface area contributed by atoms with Gasteiger partial charge >= 0.3 is 6.09 Å². The Morgan fingerprint density at radius 2 is 1.70 bits per heavy atom. The van der Waals surface area contributed by atoms with Gasteiger partial charge in [-0.15, -0.1) is 0 Å². The molecule has 33 heavy (non-hydrogen) atoms. The third-order valence-electron chi connectivity index (χ3n) is 4.61. The van der Waals surface area contributed by atoms with Gasteiger partial charge in [-0.2, -0.15) is 5.10 Å². The molecule has 0 radical (unpaired) electrons. The van der Waals surface area contributed by atoms with Gasteiger partial charge in [0.2, 0.25) is 0 Å². The number of nitrogens with zero attached hydrogens (tertiary/aromatic N) is 1. The van der Waals surface area contributed by atoms with E-state index in [2.05, 4.69) is 21.2 Å². The van der Waals surface area contributed by atoms with Crippen molar-refractivity contribution in [2.45, 2.75) is 65.5 Å². The normalized spacial score (nSPS) is 11.9. The molecular formula is C25H34N4O4. The van der Waals surface area contributed by atoms with Gasteiger partial charge in [0.05, 0.1) is 0 Å².